The average molecular weight is 319 g/mol. The van der Waals surface area contributed by atoms with Crippen LogP contribution in [0.25, 0.3) is 0 Å². The van der Waals surface area contributed by atoms with Crippen LogP contribution in [-0.2, 0) is 16.1 Å². The van der Waals surface area contributed by atoms with E-state index in [1.807, 2.05) is 5.32 Å². The second-order valence-corrected chi connectivity index (χ2v) is 5.05. The summed E-state index contributed by atoms with van der Waals surface area (Å²) < 4.78 is 38.4. The molecule has 1 aromatic rings. The first-order valence-electron chi connectivity index (χ1n) is 6.39. The van der Waals surface area contributed by atoms with Gasteiger partial charge in [0.1, 0.15) is 6.54 Å². The van der Waals surface area contributed by atoms with Gasteiger partial charge in [0.15, 0.2) is 0 Å². The number of Topliss-reactive ketones (excluding diaryl/α,β-unsaturated/α-hetero) is 1. The number of ketones is 1. The number of nitrogens with two attached hydrogens (primary N) is 1. The molecular weight excluding hydrogens is 303 g/mol. The standard InChI is InChI=1S/C13H16F3N3O3/c1-7(2)10(11(21)13(14,15)16)18-9(20)6-19-5-3-4-8(17)12(19)22/h3-5,7,10H,6,17H2,1-2H3,(H,18,20). The van der Waals surface area contributed by atoms with E-state index < -0.39 is 41.9 Å². The van der Waals surface area contributed by atoms with Crippen LogP contribution < -0.4 is 16.6 Å². The number of hydrogen-bond acceptors (Lipinski definition) is 4. The first kappa shape index (κ1) is 17.7. The molecule has 1 unspecified atom stereocenters. The lowest BCUT2D eigenvalue weighted by molar-refractivity contribution is -0.174. The molecule has 6 nitrogen and oxygen atoms in total. The zero-order valence-corrected chi connectivity index (χ0v) is 12.0. The molecule has 122 valence electrons. The van der Waals surface area contributed by atoms with Crippen molar-refractivity contribution in [1.82, 2.24) is 9.88 Å². The van der Waals surface area contributed by atoms with Crippen molar-refractivity contribution in [2.24, 2.45) is 5.92 Å². The summed E-state index contributed by atoms with van der Waals surface area (Å²) in [6, 6.07) is 1.05. The Balaban J connectivity index is 2.87. The minimum atomic E-state index is -5.05. The minimum Gasteiger partial charge on any atom is -0.394 e. The van der Waals surface area contributed by atoms with Gasteiger partial charge in [0.25, 0.3) is 11.3 Å². The number of rotatable bonds is 5. The van der Waals surface area contributed by atoms with Crippen molar-refractivity contribution in [1.29, 1.82) is 0 Å². The fourth-order valence-corrected chi connectivity index (χ4v) is 1.76. The summed E-state index contributed by atoms with van der Waals surface area (Å²) >= 11 is 0. The molecule has 0 saturated carbocycles. The number of hydrogen-bond donors (Lipinski definition) is 2. The van der Waals surface area contributed by atoms with Gasteiger partial charge in [-0.1, -0.05) is 13.8 Å². The fraction of sp³-hybridized carbons (Fsp3) is 0.462. The molecule has 1 amide bonds. The molecule has 0 aromatic carbocycles. The van der Waals surface area contributed by atoms with Crippen LogP contribution in [0.5, 0.6) is 0 Å². The van der Waals surface area contributed by atoms with Crippen LogP contribution in [0.2, 0.25) is 0 Å². The number of nitrogen functional groups attached to an aromatic ring is 1. The van der Waals surface area contributed by atoms with E-state index in [2.05, 4.69) is 0 Å². The van der Waals surface area contributed by atoms with E-state index in [-0.39, 0.29) is 5.69 Å². The predicted molar refractivity (Wildman–Crippen MR) is 72.9 cm³/mol. The molecule has 1 atom stereocenters. The van der Waals surface area contributed by atoms with Gasteiger partial charge in [-0.05, 0) is 18.1 Å². The molecule has 22 heavy (non-hydrogen) atoms. The molecule has 1 heterocycles. The third-order valence-electron chi connectivity index (χ3n) is 2.91. The number of alkyl halides is 3. The van der Waals surface area contributed by atoms with Crippen molar-refractivity contribution < 1.29 is 22.8 Å². The summed E-state index contributed by atoms with van der Waals surface area (Å²) in [6.07, 6.45) is -3.77. The van der Waals surface area contributed by atoms with Crippen molar-refractivity contribution in [3.8, 4) is 0 Å². The molecule has 1 aromatic heterocycles. The molecule has 0 aliphatic rings. The fourth-order valence-electron chi connectivity index (χ4n) is 1.76. The van der Waals surface area contributed by atoms with Gasteiger partial charge in [0.2, 0.25) is 5.91 Å². The minimum absolute atomic E-state index is 0.0953. The number of carbonyl (C=O) groups is 2. The maximum atomic E-state index is 12.5. The normalized spacial score (nSPS) is 13.0. The quantitative estimate of drug-likeness (QED) is 0.835. The SMILES string of the molecule is CC(C)C(NC(=O)Cn1cccc(N)c1=O)C(=O)C(F)(F)F. The van der Waals surface area contributed by atoms with Crippen LogP contribution >= 0.6 is 0 Å². The van der Waals surface area contributed by atoms with Gasteiger partial charge >= 0.3 is 6.18 Å². The number of aromatic nitrogens is 1. The van der Waals surface area contributed by atoms with Gasteiger partial charge in [-0.2, -0.15) is 13.2 Å². The summed E-state index contributed by atoms with van der Waals surface area (Å²) in [5, 5.41) is 2.01. The van der Waals surface area contributed by atoms with Gasteiger partial charge in [0, 0.05) is 6.20 Å². The highest BCUT2D eigenvalue weighted by Gasteiger charge is 2.44. The van der Waals surface area contributed by atoms with Crippen LogP contribution in [0, 0.1) is 5.92 Å². The largest absolute Gasteiger partial charge is 0.452 e. The third-order valence-corrected chi connectivity index (χ3v) is 2.91. The van der Waals surface area contributed by atoms with Crippen LogP contribution in [-0.4, -0.2) is 28.5 Å². The number of carbonyl (C=O) groups excluding carboxylic acids is 2. The molecule has 0 fully saturated rings. The maximum Gasteiger partial charge on any atom is 0.452 e. The molecular formula is C13H16F3N3O3. The van der Waals surface area contributed by atoms with Gasteiger partial charge in [-0.25, -0.2) is 0 Å². The van der Waals surface area contributed by atoms with Crippen LogP contribution in [0.4, 0.5) is 18.9 Å². The topological polar surface area (TPSA) is 94.2 Å². The molecule has 0 aliphatic carbocycles. The summed E-state index contributed by atoms with van der Waals surface area (Å²) in [5.74, 6) is -3.67. The molecule has 0 bridgehead atoms. The van der Waals surface area contributed by atoms with E-state index in [9.17, 15) is 27.6 Å². The van der Waals surface area contributed by atoms with E-state index in [1.165, 1.54) is 32.2 Å². The number of amides is 1. The van der Waals surface area contributed by atoms with Gasteiger partial charge in [-0.15, -0.1) is 0 Å². The molecule has 0 saturated heterocycles. The van der Waals surface area contributed by atoms with Crippen molar-refractivity contribution in [2.75, 3.05) is 5.73 Å². The van der Waals surface area contributed by atoms with Crippen LogP contribution in [0.1, 0.15) is 13.8 Å². The highest BCUT2D eigenvalue weighted by Crippen LogP contribution is 2.21. The first-order chi connectivity index (χ1) is 10.0. The number of nitrogens with one attached hydrogen (secondary N) is 1. The Morgan fingerprint density at radius 3 is 2.45 bits per heavy atom. The number of pyridine rings is 1. The Morgan fingerprint density at radius 2 is 1.95 bits per heavy atom. The Morgan fingerprint density at radius 1 is 1.36 bits per heavy atom. The van der Waals surface area contributed by atoms with E-state index in [1.54, 1.807) is 0 Å². The van der Waals surface area contributed by atoms with Gasteiger partial charge in [0.05, 0.1) is 11.7 Å². The monoisotopic (exact) mass is 319 g/mol. The third kappa shape index (κ3) is 4.34. The molecule has 9 heteroatoms. The van der Waals surface area contributed by atoms with Gasteiger partial charge in [-0.3, -0.25) is 14.4 Å². The molecule has 0 aliphatic heterocycles. The summed E-state index contributed by atoms with van der Waals surface area (Å²) in [4.78, 5) is 34.7. The number of anilines is 1. The van der Waals surface area contributed by atoms with Gasteiger partial charge < -0.3 is 15.6 Å². The number of halogens is 3. The Labute approximate surface area is 124 Å². The van der Waals surface area contributed by atoms with E-state index >= 15 is 0 Å². The zero-order chi connectivity index (χ0) is 17.1. The summed E-state index contributed by atoms with van der Waals surface area (Å²) in [5.41, 5.74) is 4.65. The van der Waals surface area contributed by atoms with E-state index in [4.69, 9.17) is 5.73 Å². The van der Waals surface area contributed by atoms with Crippen molar-refractivity contribution in [3.05, 3.63) is 28.7 Å². The Kier molecular flexibility index (Phi) is 5.34. The summed E-state index contributed by atoms with van der Waals surface area (Å²) in [6.45, 7) is 2.22. The molecule has 0 radical (unpaired) electrons. The average Bonchev–Trinajstić information content (AvgIpc) is 2.39. The predicted octanol–water partition coefficient (Wildman–Crippen LogP) is 0.703. The lowest BCUT2D eigenvalue weighted by Gasteiger charge is -2.22. The summed E-state index contributed by atoms with van der Waals surface area (Å²) in [7, 11) is 0. The van der Waals surface area contributed by atoms with E-state index in [0.717, 1.165) is 4.57 Å². The van der Waals surface area contributed by atoms with Crippen LogP contribution in [0.3, 0.4) is 0 Å². The molecule has 0 spiro atoms. The maximum absolute atomic E-state index is 12.5. The molecule has 1 rings (SSSR count). The second-order valence-electron chi connectivity index (χ2n) is 5.05. The van der Waals surface area contributed by atoms with E-state index in [0.29, 0.717) is 0 Å². The zero-order valence-electron chi connectivity index (χ0n) is 12.0. The highest BCUT2D eigenvalue weighted by atomic mass is 19.4. The van der Waals surface area contributed by atoms with Crippen LogP contribution in [0.15, 0.2) is 23.1 Å². The smallest absolute Gasteiger partial charge is 0.394 e. The van der Waals surface area contributed by atoms with Crippen molar-refractivity contribution in [2.45, 2.75) is 32.6 Å². The Hall–Kier alpha value is -2.32. The molecule has 3 N–H and O–H groups in total. The lowest BCUT2D eigenvalue weighted by Crippen LogP contribution is -2.50. The highest BCUT2D eigenvalue weighted by molar-refractivity contribution is 5.92. The van der Waals surface area contributed by atoms with Crippen molar-refractivity contribution in [3.63, 3.8) is 0 Å². The number of nitrogens with zero attached hydrogens (tertiary/aromatic N) is 1. The van der Waals surface area contributed by atoms with Crippen molar-refractivity contribution >= 4 is 17.4 Å². The lowest BCUT2D eigenvalue weighted by atomic mass is 9.99. The second kappa shape index (κ2) is 6.63. The Bertz CT molecular complexity index is 623. The first-order valence-corrected chi connectivity index (χ1v) is 6.39.